The fourth-order valence-corrected chi connectivity index (χ4v) is 3.66. The molecule has 0 bridgehead atoms. The van der Waals surface area contributed by atoms with Crippen LogP contribution in [0.1, 0.15) is 60.7 Å². The molecule has 3 rings (SSSR count). The van der Waals surface area contributed by atoms with Gasteiger partial charge in [-0.05, 0) is 30.4 Å². The molecule has 166 valence electrons. The normalized spacial score (nSPS) is 19.4. The van der Waals surface area contributed by atoms with E-state index in [0.29, 0.717) is 31.1 Å². The van der Waals surface area contributed by atoms with E-state index in [1.54, 1.807) is 18.2 Å². The van der Waals surface area contributed by atoms with Gasteiger partial charge in [0.15, 0.2) is 0 Å². The van der Waals surface area contributed by atoms with E-state index in [0.717, 1.165) is 4.90 Å². The topological polar surface area (TPSA) is 125 Å². The van der Waals surface area contributed by atoms with E-state index in [2.05, 4.69) is 29.8 Å². The lowest BCUT2D eigenvalue weighted by atomic mass is 9.94. The smallest absolute Gasteiger partial charge is 0.264 e. The summed E-state index contributed by atoms with van der Waals surface area (Å²) in [6.07, 6.45) is 0.635. The summed E-state index contributed by atoms with van der Waals surface area (Å²) in [7, 11) is 0. The van der Waals surface area contributed by atoms with Crippen LogP contribution in [0.15, 0.2) is 18.2 Å². The molecule has 2 atom stereocenters. The molecule has 1 aromatic carbocycles. The Morgan fingerprint density at radius 2 is 1.87 bits per heavy atom. The molecule has 9 nitrogen and oxygen atoms in total. The third-order valence-corrected chi connectivity index (χ3v) is 5.88. The number of hydrogen-bond donors (Lipinski definition) is 3. The van der Waals surface area contributed by atoms with E-state index >= 15 is 0 Å². The summed E-state index contributed by atoms with van der Waals surface area (Å²) >= 11 is 0. The van der Waals surface area contributed by atoms with Crippen LogP contribution in [0.4, 0.5) is 5.69 Å². The number of amides is 5. The number of carbonyl (C=O) groups is 5. The molecular weight excluding hydrogens is 400 g/mol. The molecule has 1 aromatic rings. The molecule has 2 aliphatic heterocycles. The Morgan fingerprint density at radius 1 is 1.13 bits per heavy atom. The fraction of sp³-hybridized carbons (Fsp3) is 0.500. The molecule has 0 aromatic heterocycles. The predicted molar refractivity (Wildman–Crippen MR) is 113 cm³/mol. The van der Waals surface area contributed by atoms with Crippen LogP contribution in [0, 0.1) is 11.8 Å². The molecule has 2 unspecified atom stereocenters. The van der Waals surface area contributed by atoms with Gasteiger partial charge in [-0.15, -0.1) is 0 Å². The molecule has 3 N–H and O–H groups in total. The number of hydrogen-bond acceptors (Lipinski definition) is 6. The fourth-order valence-electron chi connectivity index (χ4n) is 3.66. The average Bonchev–Trinajstić information content (AvgIpc) is 2.96. The lowest BCUT2D eigenvalue weighted by molar-refractivity contribution is -0.136. The highest BCUT2D eigenvalue weighted by Gasteiger charge is 2.45. The molecule has 31 heavy (non-hydrogen) atoms. The van der Waals surface area contributed by atoms with Crippen molar-refractivity contribution in [2.45, 2.75) is 46.1 Å². The zero-order chi connectivity index (χ0) is 22.7. The molecule has 2 aliphatic rings. The van der Waals surface area contributed by atoms with Crippen LogP contribution in [0.3, 0.4) is 0 Å². The molecule has 9 heteroatoms. The quantitative estimate of drug-likeness (QED) is 0.423. The highest BCUT2D eigenvalue weighted by atomic mass is 16.2. The Balaban J connectivity index is 1.63. The Morgan fingerprint density at radius 3 is 2.55 bits per heavy atom. The molecule has 1 fully saturated rings. The third kappa shape index (κ3) is 4.76. The van der Waals surface area contributed by atoms with E-state index in [4.69, 9.17) is 0 Å². The van der Waals surface area contributed by atoms with Crippen LogP contribution in [0.2, 0.25) is 0 Å². The second-order valence-corrected chi connectivity index (χ2v) is 8.38. The molecule has 5 amide bonds. The molecule has 0 radical (unpaired) electrons. The van der Waals surface area contributed by atoms with E-state index in [-0.39, 0.29) is 35.8 Å². The lowest BCUT2D eigenvalue weighted by Crippen LogP contribution is -2.54. The Labute approximate surface area is 180 Å². The summed E-state index contributed by atoms with van der Waals surface area (Å²) in [5, 5.41) is 8.13. The first-order valence-corrected chi connectivity index (χ1v) is 10.6. The van der Waals surface area contributed by atoms with Crippen molar-refractivity contribution in [3.05, 3.63) is 29.3 Å². The van der Waals surface area contributed by atoms with E-state index in [1.165, 1.54) is 0 Å². The van der Waals surface area contributed by atoms with Crippen molar-refractivity contribution >= 4 is 35.2 Å². The van der Waals surface area contributed by atoms with Gasteiger partial charge in [-0.25, -0.2) is 0 Å². The number of anilines is 1. The van der Waals surface area contributed by atoms with Gasteiger partial charge in [0.05, 0.1) is 11.1 Å². The number of carbonyl (C=O) groups excluding carboxylic acids is 5. The summed E-state index contributed by atoms with van der Waals surface area (Å²) in [6, 6.07) is 3.88. The minimum atomic E-state index is -1.000. The molecule has 2 heterocycles. The van der Waals surface area contributed by atoms with Gasteiger partial charge in [0.25, 0.3) is 11.8 Å². The number of nitrogens with one attached hydrogen (secondary N) is 3. The van der Waals surface area contributed by atoms with Crippen molar-refractivity contribution in [2.24, 2.45) is 11.8 Å². The zero-order valence-corrected chi connectivity index (χ0v) is 18.0. The van der Waals surface area contributed by atoms with Gasteiger partial charge in [-0.2, -0.15) is 0 Å². The first-order valence-electron chi connectivity index (χ1n) is 10.6. The van der Waals surface area contributed by atoms with Gasteiger partial charge >= 0.3 is 0 Å². The maximum absolute atomic E-state index is 13.0. The molecule has 0 saturated carbocycles. The Bertz CT molecular complexity index is 926. The number of fused-ring (bicyclic) bond motifs is 1. The van der Waals surface area contributed by atoms with Gasteiger partial charge in [0.2, 0.25) is 17.7 Å². The Hall–Kier alpha value is -3.23. The van der Waals surface area contributed by atoms with Crippen molar-refractivity contribution in [1.82, 2.24) is 15.5 Å². The summed E-state index contributed by atoms with van der Waals surface area (Å²) in [5.74, 6) is -1.49. The van der Waals surface area contributed by atoms with Crippen LogP contribution in [0.25, 0.3) is 0 Å². The highest BCUT2D eigenvalue weighted by molar-refractivity contribution is 6.25. The number of piperidine rings is 1. The van der Waals surface area contributed by atoms with Gasteiger partial charge in [0, 0.05) is 31.6 Å². The largest absolute Gasteiger partial charge is 0.383 e. The van der Waals surface area contributed by atoms with Crippen LogP contribution in [-0.4, -0.2) is 53.6 Å². The Kier molecular flexibility index (Phi) is 6.72. The second-order valence-electron chi connectivity index (χ2n) is 8.38. The first kappa shape index (κ1) is 22.5. The summed E-state index contributed by atoms with van der Waals surface area (Å²) in [5.41, 5.74) is 0.891. The van der Waals surface area contributed by atoms with Gasteiger partial charge in [-0.1, -0.05) is 26.8 Å². The maximum Gasteiger partial charge on any atom is 0.264 e. The van der Waals surface area contributed by atoms with Crippen LogP contribution < -0.4 is 16.0 Å². The molecule has 1 saturated heterocycles. The highest BCUT2D eigenvalue weighted by Crippen LogP contribution is 2.32. The van der Waals surface area contributed by atoms with Crippen molar-refractivity contribution in [3.8, 4) is 0 Å². The number of benzene rings is 1. The van der Waals surface area contributed by atoms with E-state index in [9.17, 15) is 24.0 Å². The summed E-state index contributed by atoms with van der Waals surface area (Å²) in [6.45, 7) is 6.93. The minimum Gasteiger partial charge on any atom is -0.383 e. The third-order valence-electron chi connectivity index (χ3n) is 5.88. The SMILES string of the molecule is CC(C)C(C)CC(=O)NCCNc1cccc2c1C(=O)N(C1CCC(=O)NC1=O)C2=O. The van der Waals surface area contributed by atoms with Crippen molar-refractivity contribution in [1.29, 1.82) is 0 Å². The van der Waals surface area contributed by atoms with E-state index in [1.807, 2.05) is 6.92 Å². The van der Waals surface area contributed by atoms with Crippen molar-refractivity contribution in [3.63, 3.8) is 0 Å². The van der Waals surface area contributed by atoms with Crippen LogP contribution >= 0.6 is 0 Å². The number of nitrogens with zero attached hydrogens (tertiary/aromatic N) is 1. The number of rotatable bonds is 8. The monoisotopic (exact) mass is 428 g/mol. The first-order chi connectivity index (χ1) is 14.7. The van der Waals surface area contributed by atoms with Crippen molar-refractivity contribution < 1.29 is 24.0 Å². The molecule has 0 aliphatic carbocycles. The molecular formula is C22H28N4O5. The predicted octanol–water partition coefficient (Wildman–Crippen LogP) is 1.30. The van der Waals surface area contributed by atoms with Gasteiger partial charge in [-0.3, -0.25) is 34.2 Å². The maximum atomic E-state index is 13.0. The zero-order valence-electron chi connectivity index (χ0n) is 18.0. The van der Waals surface area contributed by atoms with Gasteiger partial charge < -0.3 is 10.6 Å². The van der Waals surface area contributed by atoms with Crippen LogP contribution in [0.5, 0.6) is 0 Å². The average molecular weight is 428 g/mol. The summed E-state index contributed by atoms with van der Waals surface area (Å²) < 4.78 is 0. The standard InChI is InChI=1S/C22H28N4O5/c1-12(2)13(3)11-18(28)24-10-9-23-15-6-4-5-14-19(15)22(31)26(21(14)30)16-7-8-17(27)25-20(16)29/h4-6,12-13,16,23H,7-11H2,1-3H3,(H,24,28)(H,25,27,29). The lowest BCUT2D eigenvalue weighted by Gasteiger charge is -2.27. The minimum absolute atomic E-state index is 0.0309. The summed E-state index contributed by atoms with van der Waals surface area (Å²) in [4.78, 5) is 62.4. The van der Waals surface area contributed by atoms with Gasteiger partial charge in [0.1, 0.15) is 6.04 Å². The second kappa shape index (κ2) is 9.28. The number of imide groups is 2. The van der Waals surface area contributed by atoms with Crippen LogP contribution in [-0.2, 0) is 14.4 Å². The molecule has 0 spiro atoms. The van der Waals surface area contributed by atoms with Crippen molar-refractivity contribution in [2.75, 3.05) is 18.4 Å². The van der Waals surface area contributed by atoms with E-state index < -0.39 is 29.7 Å².